The van der Waals surface area contributed by atoms with Gasteiger partial charge in [0.05, 0.1) is 19.2 Å². The number of carbonyl (C=O) groups is 1. The number of amides is 1. The maximum Gasteiger partial charge on any atom is 0.228 e. The van der Waals surface area contributed by atoms with Gasteiger partial charge in [0.1, 0.15) is 5.75 Å². The molecule has 0 aliphatic carbocycles. The first-order valence-corrected chi connectivity index (χ1v) is 8.23. The molecule has 1 aromatic carbocycles. The topological polar surface area (TPSA) is 72.3 Å². The fraction of sp³-hybridized carbons (Fsp3) is 0.471. The Bertz CT molecular complexity index is 683. The highest BCUT2D eigenvalue weighted by molar-refractivity contribution is 5.78. The zero-order valence-electron chi connectivity index (χ0n) is 14.1. The van der Waals surface area contributed by atoms with Gasteiger partial charge in [-0.3, -0.25) is 9.48 Å². The first-order chi connectivity index (χ1) is 11.7. The van der Waals surface area contributed by atoms with E-state index >= 15 is 0 Å². The fourth-order valence-electron chi connectivity index (χ4n) is 2.88. The first-order valence-electron chi connectivity index (χ1n) is 8.23. The molecule has 0 bridgehead atoms. The average Bonchev–Trinajstić information content (AvgIpc) is 3.09. The lowest BCUT2D eigenvalue weighted by molar-refractivity contribution is -0.131. The van der Waals surface area contributed by atoms with Crippen molar-refractivity contribution in [2.24, 2.45) is 0 Å². The van der Waals surface area contributed by atoms with Crippen LogP contribution in [0.2, 0.25) is 0 Å². The average molecular weight is 329 g/mol. The molecule has 0 radical (unpaired) electrons. The Balaban J connectivity index is 1.62. The molecule has 7 nitrogen and oxygen atoms in total. The molecule has 1 saturated heterocycles. The van der Waals surface area contributed by atoms with Crippen molar-refractivity contribution in [3.05, 3.63) is 41.7 Å². The van der Waals surface area contributed by atoms with Crippen molar-refractivity contribution in [3.8, 4) is 5.75 Å². The lowest BCUT2D eigenvalue weighted by Crippen LogP contribution is -2.48. The summed E-state index contributed by atoms with van der Waals surface area (Å²) in [7, 11) is 1.66. The Morgan fingerprint density at radius 1 is 1.38 bits per heavy atom. The minimum Gasteiger partial charge on any atom is -0.497 e. The smallest absolute Gasteiger partial charge is 0.228 e. The Morgan fingerprint density at radius 3 is 2.83 bits per heavy atom. The van der Waals surface area contributed by atoms with Crippen LogP contribution in [-0.4, -0.2) is 52.5 Å². The van der Waals surface area contributed by atoms with E-state index in [2.05, 4.69) is 15.6 Å². The predicted octanol–water partition coefficient (Wildman–Crippen LogP) is 1.02. The largest absolute Gasteiger partial charge is 0.497 e. The van der Waals surface area contributed by atoms with E-state index in [4.69, 9.17) is 4.74 Å². The van der Waals surface area contributed by atoms with Gasteiger partial charge >= 0.3 is 0 Å². The van der Waals surface area contributed by atoms with Crippen molar-refractivity contribution in [2.75, 3.05) is 26.7 Å². The SMILES string of the molecule is CCn1cc(CC(=O)N2CCN[C@H](c3ccc(OC)cc3)C2)nn1. The molecular weight excluding hydrogens is 306 g/mol. The van der Waals surface area contributed by atoms with Crippen LogP contribution in [0.25, 0.3) is 0 Å². The molecule has 1 amide bonds. The summed E-state index contributed by atoms with van der Waals surface area (Å²) in [5.74, 6) is 0.930. The number of piperazine rings is 1. The van der Waals surface area contributed by atoms with Gasteiger partial charge in [-0.15, -0.1) is 5.10 Å². The number of rotatable bonds is 5. The second-order valence-electron chi connectivity index (χ2n) is 5.86. The molecule has 1 aliphatic rings. The van der Waals surface area contributed by atoms with Crippen molar-refractivity contribution in [2.45, 2.75) is 25.9 Å². The van der Waals surface area contributed by atoms with E-state index in [9.17, 15) is 4.79 Å². The minimum atomic E-state index is 0.0955. The molecule has 0 saturated carbocycles. The number of benzene rings is 1. The number of methoxy groups -OCH3 is 1. The number of nitrogens with zero attached hydrogens (tertiary/aromatic N) is 4. The van der Waals surface area contributed by atoms with Crippen LogP contribution in [0.3, 0.4) is 0 Å². The number of aryl methyl sites for hydroxylation is 1. The van der Waals surface area contributed by atoms with Crippen molar-refractivity contribution in [1.29, 1.82) is 0 Å². The third-order valence-corrected chi connectivity index (χ3v) is 4.29. The van der Waals surface area contributed by atoms with Crippen LogP contribution in [0.1, 0.15) is 24.2 Å². The standard InChI is InChI=1S/C17H23N5O2/c1-3-22-11-14(19-20-22)10-17(23)21-9-8-18-16(12-21)13-4-6-15(24-2)7-5-13/h4-7,11,16,18H,3,8-10,12H2,1-2H3/t16-/m0/s1. The van der Waals surface area contributed by atoms with Crippen LogP contribution in [0, 0.1) is 0 Å². The summed E-state index contributed by atoms with van der Waals surface area (Å²) in [5.41, 5.74) is 1.88. The summed E-state index contributed by atoms with van der Waals surface area (Å²) in [5, 5.41) is 11.5. The molecule has 0 unspecified atom stereocenters. The fourth-order valence-corrected chi connectivity index (χ4v) is 2.88. The Labute approximate surface area is 141 Å². The van der Waals surface area contributed by atoms with E-state index in [1.807, 2.05) is 42.3 Å². The maximum absolute atomic E-state index is 12.5. The summed E-state index contributed by atoms with van der Waals surface area (Å²) in [6.07, 6.45) is 2.14. The van der Waals surface area contributed by atoms with Crippen molar-refractivity contribution in [3.63, 3.8) is 0 Å². The summed E-state index contributed by atoms with van der Waals surface area (Å²) >= 11 is 0. The lowest BCUT2D eigenvalue weighted by atomic mass is 10.0. The summed E-state index contributed by atoms with van der Waals surface area (Å²) in [6.45, 7) is 4.91. The molecule has 1 atom stereocenters. The number of hydrogen-bond donors (Lipinski definition) is 1. The normalized spacial score (nSPS) is 17.8. The first kappa shape index (κ1) is 16.4. The molecule has 1 N–H and O–H groups in total. The second-order valence-corrected chi connectivity index (χ2v) is 5.86. The van der Waals surface area contributed by atoms with Gasteiger partial charge in [0.15, 0.2) is 0 Å². The van der Waals surface area contributed by atoms with Crippen LogP contribution < -0.4 is 10.1 Å². The molecule has 2 aromatic rings. The molecule has 3 rings (SSSR count). The number of aromatic nitrogens is 3. The van der Waals surface area contributed by atoms with Crippen LogP contribution >= 0.6 is 0 Å². The summed E-state index contributed by atoms with van der Waals surface area (Å²) in [6, 6.07) is 8.11. The summed E-state index contributed by atoms with van der Waals surface area (Å²) < 4.78 is 6.93. The van der Waals surface area contributed by atoms with E-state index in [-0.39, 0.29) is 11.9 Å². The molecular formula is C17H23N5O2. The zero-order chi connectivity index (χ0) is 16.9. The number of ether oxygens (including phenoxy) is 1. The molecule has 1 aliphatic heterocycles. The molecule has 24 heavy (non-hydrogen) atoms. The van der Waals surface area contributed by atoms with E-state index in [0.717, 1.165) is 30.1 Å². The zero-order valence-corrected chi connectivity index (χ0v) is 14.1. The monoisotopic (exact) mass is 329 g/mol. The summed E-state index contributed by atoms with van der Waals surface area (Å²) in [4.78, 5) is 14.4. The highest BCUT2D eigenvalue weighted by Crippen LogP contribution is 2.20. The lowest BCUT2D eigenvalue weighted by Gasteiger charge is -2.34. The van der Waals surface area contributed by atoms with E-state index in [0.29, 0.717) is 19.5 Å². The highest BCUT2D eigenvalue weighted by atomic mass is 16.5. The van der Waals surface area contributed by atoms with Gasteiger partial charge in [-0.1, -0.05) is 17.3 Å². The van der Waals surface area contributed by atoms with Gasteiger partial charge in [0.25, 0.3) is 0 Å². The van der Waals surface area contributed by atoms with Crippen molar-refractivity contribution in [1.82, 2.24) is 25.2 Å². The second kappa shape index (κ2) is 7.44. The number of hydrogen-bond acceptors (Lipinski definition) is 5. The molecule has 7 heteroatoms. The van der Waals surface area contributed by atoms with Crippen LogP contribution in [-0.2, 0) is 17.8 Å². The van der Waals surface area contributed by atoms with Crippen LogP contribution in [0.4, 0.5) is 0 Å². The number of nitrogens with one attached hydrogen (secondary N) is 1. The van der Waals surface area contributed by atoms with Gasteiger partial charge in [0.2, 0.25) is 5.91 Å². The predicted molar refractivity (Wildman–Crippen MR) is 89.7 cm³/mol. The van der Waals surface area contributed by atoms with E-state index < -0.39 is 0 Å². The van der Waals surface area contributed by atoms with Gasteiger partial charge in [-0.2, -0.15) is 0 Å². The number of carbonyl (C=O) groups excluding carboxylic acids is 1. The quantitative estimate of drug-likeness (QED) is 0.887. The van der Waals surface area contributed by atoms with Gasteiger partial charge < -0.3 is 15.0 Å². The molecule has 1 aromatic heterocycles. The minimum absolute atomic E-state index is 0.0955. The highest BCUT2D eigenvalue weighted by Gasteiger charge is 2.24. The van der Waals surface area contributed by atoms with Gasteiger partial charge in [-0.05, 0) is 24.6 Å². The van der Waals surface area contributed by atoms with Crippen LogP contribution in [0.15, 0.2) is 30.5 Å². The maximum atomic E-state index is 12.5. The van der Waals surface area contributed by atoms with Crippen molar-refractivity contribution < 1.29 is 9.53 Å². The Hall–Kier alpha value is -2.41. The molecule has 128 valence electrons. The third kappa shape index (κ3) is 3.73. The van der Waals surface area contributed by atoms with Crippen LogP contribution in [0.5, 0.6) is 5.75 Å². The molecule has 2 heterocycles. The van der Waals surface area contributed by atoms with E-state index in [1.54, 1.807) is 11.8 Å². The molecule has 0 spiro atoms. The van der Waals surface area contributed by atoms with Crippen molar-refractivity contribution >= 4 is 5.91 Å². The van der Waals surface area contributed by atoms with Gasteiger partial charge in [0, 0.05) is 38.4 Å². The molecule has 1 fully saturated rings. The Morgan fingerprint density at radius 2 is 2.17 bits per heavy atom. The third-order valence-electron chi connectivity index (χ3n) is 4.29. The van der Waals surface area contributed by atoms with Gasteiger partial charge in [-0.25, -0.2) is 0 Å². The van der Waals surface area contributed by atoms with E-state index in [1.165, 1.54) is 0 Å². The Kier molecular flexibility index (Phi) is 5.10.